The smallest absolute Gasteiger partial charge is 0.382 e. The summed E-state index contributed by atoms with van der Waals surface area (Å²) in [6, 6.07) is 4.07. The second kappa shape index (κ2) is 6.59. The van der Waals surface area contributed by atoms with Gasteiger partial charge in [0.1, 0.15) is 0 Å². The Hall–Kier alpha value is -1.38. The average molecular weight is 317 g/mol. The van der Waals surface area contributed by atoms with E-state index in [9.17, 15) is 13.2 Å². The van der Waals surface area contributed by atoms with Crippen LogP contribution in [0.1, 0.15) is 18.4 Å². The number of rotatable bonds is 3. The number of hydrogen-bond acceptors (Lipinski definition) is 2. The van der Waals surface area contributed by atoms with E-state index in [1.807, 2.05) is 0 Å². The van der Waals surface area contributed by atoms with E-state index in [4.69, 9.17) is 18.0 Å². The van der Waals surface area contributed by atoms with Crippen LogP contribution in [0.25, 0.3) is 0 Å². The molecule has 114 valence electrons. The lowest BCUT2D eigenvalue weighted by molar-refractivity contribution is -0.137. The monoisotopic (exact) mass is 316 g/mol. The summed E-state index contributed by atoms with van der Waals surface area (Å²) in [4.78, 5) is 2.15. The molecule has 0 amide bonds. The summed E-state index contributed by atoms with van der Waals surface area (Å²) in [6.07, 6.45) is 2.53. The van der Waals surface area contributed by atoms with E-state index in [0.717, 1.165) is 32.0 Å². The molecule has 1 saturated heterocycles. The molecule has 2 rings (SSSR count). The number of likely N-dealkylation sites (tertiary alicyclic amines) is 1. The van der Waals surface area contributed by atoms with Crippen molar-refractivity contribution in [2.75, 3.05) is 25.0 Å². The maximum atomic E-state index is 12.8. The van der Waals surface area contributed by atoms with Crippen LogP contribution in [0.4, 0.5) is 18.9 Å². The van der Waals surface area contributed by atoms with Crippen molar-refractivity contribution >= 4 is 17.3 Å². The van der Waals surface area contributed by atoms with Crippen molar-refractivity contribution in [2.24, 2.45) is 0 Å². The van der Waals surface area contributed by atoms with Crippen molar-refractivity contribution in [3.05, 3.63) is 28.8 Å². The first-order valence-electron chi connectivity index (χ1n) is 6.69. The van der Waals surface area contributed by atoms with Gasteiger partial charge in [-0.1, -0.05) is 17.5 Å². The third-order valence-electron chi connectivity index (χ3n) is 3.55. The van der Waals surface area contributed by atoms with Crippen LogP contribution in [0, 0.1) is 12.3 Å². The van der Waals surface area contributed by atoms with Crippen molar-refractivity contribution in [3.63, 3.8) is 0 Å². The maximum Gasteiger partial charge on any atom is 0.417 e. The van der Waals surface area contributed by atoms with Gasteiger partial charge in [0.05, 0.1) is 17.1 Å². The minimum absolute atomic E-state index is 0.154. The molecule has 2 nitrogen and oxygen atoms in total. The van der Waals surface area contributed by atoms with Crippen LogP contribution < -0.4 is 5.32 Å². The first-order valence-corrected chi connectivity index (χ1v) is 7.07. The minimum atomic E-state index is -4.44. The van der Waals surface area contributed by atoms with Gasteiger partial charge >= 0.3 is 6.18 Å². The van der Waals surface area contributed by atoms with E-state index in [0.29, 0.717) is 12.2 Å². The predicted molar refractivity (Wildman–Crippen MR) is 78.4 cm³/mol. The molecule has 1 aliphatic rings. The molecule has 1 aromatic rings. The molecule has 1 heterocycles. The molecule has 1 aromatic carbocycles. The van der Waals surface area contributed by atoms with Gasteiger partial charge in [0.2, 0.25) is 0 Å². The summed E-state index contributed by atoms with van der Waals surface area (Å²) in [5.74, 6) is 2.60. The highest BCUT2D eigenvalue weighted by Gasteiger charge is 2.33. The summed E-state index contributed by atoms with van der Waals surface area (Å²) in [5, 5.41) is 2.87. The molecular formula is C15H16ClF3N2. The molecule has 0 bridgehead atoms. The number of hydrogen-bond donors (Lipinski definition) is 1. The van der Waals surface area contributed by atoms with E-state index in [1.165, 1.54) is 6.07 Å². The van der Waals surface area contributed by atoms with E-state index in [-0.39, 0.29) is 11.1 Å². The van der Waals surface area contributed by atoms with Gasteiger partial charge < -0.3 is 5.32 Å². The predicted octanol–water partition coefficient (Wildman–Crippen LogP) is 3.87. The normalized spacial score (nSPS) is 17.5. The van der Waals surface area contributed by atoms with Gasteiger partial charge in [-0.2, -0.15) is 13.2 Å². The number of anilines is 1. The largest absolute Gasteiger partial charge is 0.417 e. The van der Waals surface area contributed by atoms with Crippen LogP contribution >= 0.6 is 11.6 Å². The Labute approximate surface area is 127 Å². The van der Waals surface area contributed by atoms with Crippen molar-refractivity contribution in [2.45, 2.75) is 25.1 Å². The van der Waals surface area contributed by atoms with Crippen LogP contribution in [0.3, 0.4) is 0 Å². The first kappa shape index (κ1) is 16.0. The Morgan fingerprint density at radius 3 is 2.57 bits per heavy atom. The van der Waals surface area contributed by atoms with Crippen LogP contribution in [-0.2, 0) is 6.18 Å². The highest BCUT2D eigenvalue weighted by atomic mass is 35.5. The molecule has 0 radical (unpaired) electrons. The molecule has 1 N–H and O–H groups in total. The molecule has 1 aliphatic heterocycles. The third-order valence-corrected chi connectivity index (χ3v) is 3.87. The van der Waals surface area contributed by atoms with Crippen LogP contribution in [0.15, 0.2) is 18.2 Å². The van der Waals surface area contributed by atoms with Gasteiger partial charge in [0.25, 0.3) is 0 Å². The summed E-state index contributed by atoms with van der Waals surface area (Å²) in [5.41, 5.74) is -0.360. The van der Waals surface area contributed by atoms with Crippen molar-refractivity contribution < 1.29 is 13.2 Å². The van der Waals surface area contributed by atoms with Crippen LogP contribution in [0.2, 0.25) is 5.02 Å². The molecule has 0 atom stereocenters. The van der Waals surface area contributed by atoms with Crippen molar-refractivity contribution in [1.82, 2.24) is 4.90 Å². The van der Waals surface area contributed by atoms with Gasteiger partial charge in [0.15, 0.2) is 0 Å². The third kappa shape index (κ3) is 4.29. The van der Waals surface area contributed by atoms with Crippen LogP contribution in [0.5, 0.6) is 0 Å². The Balaban J connectivity index is 2.00. The molecule has 0 aromatic heterocycles. The van der Waals surface area contributed by atoms with E-state index >= 15 is 0 Å². The summed E-state index contributed by atoms with van der Waals surface area (Å²) >= 11 is 5.60. The Morgan fingerprint density at radius 2 is 2.00 bits per heavy atom. The zero-order valence-corrected chi connectivity index (χ0v) is 12.1. The van der Waals surface area contributed by atoms with Gasteiger partial charge in [-0.05, 0) is 31.0 Å². The van der Waals surface area contributed by atoms with Gasteiger partial charge in [-0.25, -0.2) is 0 Å². The van der Waals surface area contributed by atoms with Gasteiger partial charge in [-0.3, -0.25) is 4.90 Å². The fraction of sp³-hybridized carbons (Fsp3) is 0.467. The number of terminal acetylenes is 1. The molecule has 0 unspecified atom stereocenters. The fourth-order valence-electron chi connectivity index (χ4n) is 2.43. The van der Waals surface area contributed by atoms with Crippen molar-refractivity contribution in [1.29, 1.82) is 0 Å². The molecule has 0 aliphatic carbocycles. The van der Waals surface area contributed by atoms with E-state index < -0.39 is 11.7 Å². The number of piperidine rings is 1. The van der Waals surface area contributed by atoms with Crippen molar-refractivity contribution in [3.8, 4) is 12.3 Å². The molecule has 6 heteroatoms. The number of nitrogens with one attached hydrogen (secondary N) is 1. The lowest BCUT2D eigenvalue weighted by Gasteiger charge is -2.31. The quantitative estimate of drug-likeness (QED) is 0.852. The lowest BCUT2D eigenvalue weighted by Crippen LogP contribution is -2.39. The molecule has 1 fully saturated rings. The lowest BCUT2D eigenvalue weighted by atomic mass is 10.0. The minimum Gasteiger partial charge on any atom is -0.382 e. The number of alkyl halides is 3. The SMILES string of the molecule is C#CCN1CCC(Nc2ccc(Cl)c(C(F)(F)F)c2)CC1. The standard InChI is InChI=1S/C15H16ClF3N2/c1-2-7-21-8-5-11(6-9-21)20-12-3-4-14(16)13(10-12)15(17,18)19/h1,3-4,10-11,20H,5-9H2. The Bertz CT molecular complexity index is 529. The zero-order chi connectivity index (χ0) is 15.5. The Morgan fingerprint density at radius 1 is 1.33 bits per heavy atom. The molecular weight excluding hydrogens is 301 g/mol. The molecule has 0 spiro atoms. The zero-order valence-electron chi connectivity index (χ0n) is 11.4. The average Bonchev–Trinajstić information content (AvgIpc) is 2.42. The van der Waals surface area contributed by atoms with Gasteiger partial charge in [-0.15, -0.1) is 6.42 Å². The van der Waals surface area contributed by atoms with E-state index in [2.05, 4.69) is 16.1 Å². The summed E-state index contributed by atoms with van der Waals surface area (Å²) in [7, 11) is 0. The maximum absolute atomic E-state index is 12.8. The topological polar surface area (TPSA) is 15.3 Å². The summed E-state index contributed by atoms with van der Waals surface area (Å²) in [6.45, 7) is 2.31. The molecule has 0 saturated carbocycles. The highest BCUT2D eigenvalue weighted by Crippen LogP contribution is 2.36. The number of nitrogens with zero attached hydrogens (tertiary/aromatic N) is 1. The number of benzene rings is 1. The second-order valence-corrected chi connectivity index (χ2v) is 5.50. The van der Waals surface area contributed by atoms with Gasteiger partial charge in [0, 0.05) is 24.8 Å². The summed E-state index contributed by atoms with van der Waals surface area (Å²) < 4.78 is 38.4. The molecule has 21 heavy (non-hydrogen) atoms. The Kier molecular flexibility index (Phi) is 5.02. The number of halogens is 4. The van der Waals surface area contributed by atoms with E-state index in [1.54, 1.807) is 6.07 Å². The first-order chi connectivity index (χ1) is 9.90. The second-order valence-electron chi connectivity index (χ2n) is 5.09. The highest BCUT2D eigenvalue weighted by molar-refractivity contribution is 6.31. The van der Waals surface area contributed by atoms with Crippen LogP contribution in [-0.4, -0.2) is 30.6 Å². The fourth-order valence-corrected chi connectivity index (χ4v) is 2.66.